The molecule has 1 aromatic rings. The van der Waals surface area contributed by atoms with Crippen molar-refractivity contribution < 1.29 is 19.1 Å². The number of rotatable bonds is 4. The number of ether oxygens (including phenoxy) is 2. The van der Waals surface area contributed by atoms with Crippen molar-refractivity contribution in [1.29, 1.82) is 0 Å². The molecule has 1 unspecified atom stereocenters. The first-order chi connectivity index (χ1) is 8.26. The molecule has 1 aliphatic rings. The third-order valence-electron chi connectivity index (χ3n) is 2.61. The molecule has 2 rings (SSSR count). The molecule has 0 aliphatic carbocycles. The summed E-state index contributed by atoms with van der Waals surface area (Å²) in [7, 11) is 1.49. The zero-order valence-corrected chi connectivity index (χ0v) is 9.43. The molecule has 1 aromatic carbocycles. The minimum Gasteiger partial charge on any atom is -0.493 e. The second-order valence-electron chi connectivity index (χ2n) is 3.68. The molecule has 0 aromatic heterocycles. The van der Waals surface area contributed by atoms with Crippen molar-refractivity contribution >= 4 is 12.2 Å². The Labute approximate surface area is 98.7 Å². The number of benzene rings is 1. The van der Waals surface area contributed by atoms with Crippen molar-refractivity contribution in [3.05, 3.63) is 23.8 Å². The average Bonchev–Trinajstić information content (AvgIpc) is 2.75. The molecule has 1 N–H and O–H groups in total. The van der Waals surface area contributed by atoms with E-state index >= 15 is 0 Å². The van der Waals surface area contributed by atoms with Crippen molar-refractivity contribution in [3.8, 4) is 11.5 Å². The molecule has 1 amide bonds. The van der Waals surface area contributed by atoms with Crippen molar-refractivity contribution in [1.82, 2.24) is 5.32 Å². The predicted molar refractivity (Wildman–Crippen MR) is 60.4 cm³/mol. The van der Waals surface area contributed by atoms with Crippen LogP contribution >= 0.6 is 0 Å². The minimum absolute atomic E-state index is 0.159. The van der Waals surface area contributed by atoms with Crippen LogP contribution in [0.3, 0.4) is 0 Å². The fourth-order valence-electron chi connectivity index (χ4n) is 1.74. The van der Waals surface area contributed by atoms with Crippen LogP contribution < -0.4 is 14.8 Å². The number of hydrogen-bond donors (Lipinski definition) is 1. The van der Waals surface area contributed by atoms with Gasteiger partial charge in [0.1, 0.15) is 0 Å². The monoisotopic (exact) mass is 235 g/mol. The number of hydrogen-bond acceptors (Lipinski definition) is 4. The Bertz CT molecular complexity index is 444. The molecule has 5 nitrogen and oxygen atoms in total. The molecule has 90 valence electrons. The van der Waals surface area contributed by atoms with Crippen LogP contribution in [0.4, 0.5) is 0 Å². The minimum atomic E-state index is -0.551. The summed E-state index contributed by atoms with van der Waals surface area (Å²) in [6.45, 7) is 0.592. The maximum atomic E-state index is 11.4. The average molecular weight is 235 g/mol. The number of carbonyl (C=O) groups excluding carboxylic acids is 2. The highest BCUT2D eigenvalue weighted by Gasteiger charge is 2.27. The quantitative estimate of drug-likeness (QED) is 0.783. The normalized spacial score (nSPS) is 18.6. The molecular weight excluding hydrogens is 222 g/mol. The summed E-state index contributed by atoms with van der Waals surface area (Å²) in [5.41, 5.74) is 0.379. The topological polar surface area (TPSA) is 64.6 Å². The number of para-hydroxylation sites is 1. The van der Waals surface area contributed by atoms with E-state index in [0.717, 1.165) is 0 Å². The summed E-state index contributed by atoms with van der Waals surface area (Å²) in [5.74, 6) is 0.620. The Morgan fingerprint density at radius 3 is 2.88 bits per heavy atom. The summed E-state index contributed by atoms with van der Waals surface area (Å²) < 4.78 is 10.7. The predicted octanol–water partition coefficient (Wildman–Crippen LogP) is 0.775. The van der Waals surface area contributed by atoms with Gasteiger partial charge in [-0.3, -0.25) is 9.59 Å². The van der Waals surface area contributed by atoms with Crippen molar-refractivity contribution in [2.45, 2.75) is 12.5 Å². The highest BCUT2D eigenvalue weighted by Crippen LogP contribution is 2.31. The van der Waals surface area contributed by atoms with Gasteiger partial charge in [0.15, 0.2) is 23.9 Å². The Morgan fingerprint density at radius 1 is 1.47 bits per heavy atom. The highest BCUT2D eigenvalue weighted by atomic mass is 16.5. The van der Waals surface area contributed by atoms with Crippen LogP contribution in [0.15, 0.2) is 18.2 Å². The second-order valence-corrected chi connectivity index (χ2v) is 3.68. The van der Waals surface area contributed by atoms with E-state index in [-0.39, 0.29) is 5.91 Å². The highest BCUT2D eigenvalue weighted by molar-refractivity contribution is 5.85. The van der Waals surface area contributed by atoms with Crippen LogP contribution in [-0.2, 0) is 4.79 Å². The zero-order valence-electron chi connectivity index (χ0n) is 9.43. The number of nitrogens with one attached hydrogen (secondary N) is 1. The van der Waals surface area contributed by atoms with E-state index < -0.39 is 6.10 Å². The molecule has 1 saturated heterocycles. The molecule has 1 fully saturated rings. The molecule has 1 heterocycles. The molecule has 0 bridgehead atoms. The zero-order chi connectivity index (χ0) is 12.3. The number of amides is 1. The van der Waals surface area contributed by atoms with Gasteiger partial charge in [-0.15, -0.1) is 0 Å². The van der Waals surface area contributed by atoms with Gasteiger partial charge in [0, 0.05) is 13.0 Å². The Kier molecular flexibility index (Phi) is 3.27. The van der Waals surface area contributed by atoms with E-state index in [4.69, 9.17) is 9.47 Å². The Hall–Kier alpha value is -2.04. The fraction of sp³-hybridized carbons (Fsp3) is 0.333. The second kappa shape index (κ2) is 4.86. The first-order valence-corrected chi connectivity index (χ1v) is 5.33. The summed E-state index contributed by atoms with van der Waals surface area (Å²) in [6, 6.07) is 5.01. The molecule has 0 radical (unpaired) electrons. The van der Waals surface area contributed by atoms with Crippen LogP contribution in [0.5, 0.6) is 11.5 Å². The standard InChI is InChI=1S/C12H13NO4/c1-16-9-4-2-3-8(7-14)11(9)17-10-5-6-13-12(10)15/h2-4,7,10H,5-6H2,1H3,(H,13,15). The van der Waals surface area contributed by atoms with E-state index in [2.05, 4.69) is 5.32 Å². The van der Waals surface area contributed by atoms with Gasteiger partial charge in [0.25, 0.3) is 5.91 Å². The lowest BCUT2D eigenvalue weighted by Crippen LogP contribution is -2.28. The van der Waals surface area contributed by atoms with E-state index in [9.17, 15) is 9.59 Å². The summed E-state index contributed by atoms with van der Waals surface area (Å²) >= 11 is 0. The van der Waals surface area contributed by atoms with Gasteiger partial charge in [-0.1, -0.05) is 6.07 Å². The van der Waals surface area contributed by atoms with E-state index in [1.807, 2.05) is 0 Å². The Morgan fingerprint density at radius 2 is 2.29 bits per heavy atom. The van der Waals surface area contributed by atoms with Crippen LogP contribution in [0.1, 0.15) is 16.8 Å². The maximum Gasteiger partial charge on any atom is 0.261 e. The van der Waals surface area contributed by atoms with E-state index in [0.29, 0.717) is 36.3 Å². The van der Waals surface area contributed by atoms with E-state index in [1.54, 1.807) is 18.2 Å². The Balaban J connectivity index is 2.29. The third-order valence-corrected chi connectivity index (χ3v) is 2.61. The lowest BCUT2D eigenvalue weighted by Gasteiger charge is -2.15. The van der Waals surface area contributed by atoms with Crippen LogP contribution in [0, 0.1) is 0 Å². The lowest BCUT2D eigenvalue weighted by molar-refractivity contribution is -0.124. The van der Waals surface area contributed by atoms with Gasteiger partial charge >= 0.3 is 0 Å². The van der Waals surface area contributed by atoms with Crippen molar-refractivity contribution in [2.75, 3.05) is 13.7 Å². The molecule has 5 heteroatoms. The van der Waals surface area contributed by atoms with Gasteiger partial charge in [0.05, 0.1) is 12.7 Å². The van der Waals surface area contributed by atoms with Gasteiger partial charge in [0.2, 0.25) is 0 Å². The van der Waals surface area contributed by atoms with Gasteiger partial charge < -0.3 is 14.8 Å². The first-order valence-electron chi connectivity index (χ1n) is 5.33. The summed E-state index contributed by atoms with van der Waals surface area (Å²) in [4.78, 5) is 22.3. The molecular formula is C12H13NO4. The van der Waals surface area contributed by atoms with Gasteiger partial charge in [-0.2, -0.15) is 0 Å². The number of methoxy groups -OCH3 is 1. The van der Waals surface area contributed by atoms with Crippen molar-refractivity contribution in [2.24, 2.45) is 0 Å². The van der Waals surface area contributed by atoms with Gasteiger partial charge in [-0.25, -0.2) is 0 Å². The first kappa shape index (κ1) is 11.4. The van der Waals surface area contributed by atoms with Crippen LogP contribution in [0.25, 0.3) is 0 Å². The van der Waals surface area contributed by atoms with Crippen molar-refractivity contribution in [3.63, 3.8) is 0 Å². The van der Waals surface area contributed by atoms with Crippen LogP contribution in [-0.4, -0.2) is 32.0 Å². The van der Waals surface area contributed by atoms with E-state index in [1.165, 1.54) is 7.11 Å². The largest absolute Gasteiger partial charge is 0.493 e. The smallest absolute Gasteiger partial charge is 0.261 e. The number of aldehydes is 1. The summed E-state index contributed by atoms with van der Waals surface area (Å²) in [6.07, 6.45) is 0.727. The van der Waals surface area contributed by atoms with Gasteiger partial charge in [-0.05, 0) is 12.1 Å². The fourth-order valence-corrected chi connectivity index (χ4v) is 1.74. The molecule has 1 aliphatic heterocycles. The molecule has 0 saturated carbocycles. The molecule has 0 spiro atoms. The maximum absolute atomic E-state index is 11.4. The SMILES string of the molecule is COc1cccc(C=O)c1OC1CCNC1=O. The van der Waals surface area contributed by atoms with Crippen LogP contribution in [0.2, 0.25) is 0 Å². The molecule has 17 heavy (non-hydrogen) atoms. The number of carbonyl (C=O) groups is 2. The molecule has 1 atom stereocenters. The summed E-state index contributed by atoms with van der Waals surface area (Å²) in [5, 5.41) is 2.67. The third kappa shape index (κ3) is 2.22. The lowest BCUT2D eigenvalue weighted by atomic mass is 10.2.